The van der Waals surface area contributed by atoms with Crippen LogP contribution in [0.2, 0.25) is 0 Å². The number of ketones is 1. The highest BCUT2D eigenvalue weighted by molar-refractivity contribution is 8.02. The molecule has 1 aliphatic heterocycles. The van der Waals surface area contributed by atoms with Crippen molar-refractivity contribution in [1.29, 1.82) is 0 Å². The zero-order valence-electron chi connectivity index (χ0n) is 15.6. The van der Waals surface area contributed by atoms with Gasteiger partial charge in [0.25, 0.3) is 5.91 Å². The molecule has 0 aromatic carbocycles. The van der Waals surface area contributed by atoms with E-state index in [1.807, 2.05) is 0 Å². The van der Waals surface area contributed by atoms with Crippen molar-refractivity contribution in [3.05, 3.63) is 38.9 Å². The highest BCUT2D eigenvalue weighted by Gasteiger charge is 2.58. The van der Waals surface area contributed by atoms with Crippen LogP contribution >= 0.6 is 34.7 Å². The number of hydrogen-bond acceptors (Lipinski definition) is 5. The average molecular weight is 502 g/mol. The third-order valence-corrected chi connectivity index (χ3v) is 7.40. The van der Waals surface area contributed by atoms with Gasteiger partial charge in [-0.1, -0.05) is 11.6 Å². The summed E-state index contributed by atoms with van der Waals surface area (Å²) in [5.74, 6) is -2.30. The van der Waals surface area contributed by atoms with Crippen LogP contribution in [0.4, 0.5) is 22.0 Å². The minimum Gasteiger partial charge on any atom is -0.481 e. The summed E-state index contributed by atoms with van der Waals surface area (Å²) in [7, 11) is 0. The molecule has 0 radical (unpaired) electrons. The van der Waals surface area contributed by atoms with Crippen LogP contribution in [0.25, 0.3) is 0 Å². The molecule has 0 bridgehead atoms. The maximum Gasteiger partial charge on any atom is 0.464 e. The molecule has 168 valence electrons. The smallest absolute Gasteiger partial charge is 0.464 e. The molecule has 1 amide bonds. The van der Waals surface area contributed by atoms with Gasteiger partial charge in [-0.15, -0.1) is 11.3 Å². The molecule has 1 atom stereocenters. The molecular weight excluding hydrogens is 489 g/mol. The van der Waals surface area contributed by atoms with E-state index in [9.17, 15) is 41.4 Å². The lowest BCUT2D eigenvalue weighted by atomic mass is 9.89. The number of hydrogen-bond donors (Lipinski definition) is 1. The number of rotatable bonds is 5. The van der Waals surface area contributed by atoms with Gasteiger partial charge in [-0.2, -0.15) is 22.0 Å². The van der Waals surface area contributed by atoms with Crippen molar-refractivity contribution in [1.82, 2.24) is 4.90 Å². The number of Topliss-reactive ketones (excluding diaryl/α,β-unsaturated/α-hetero) is 1. The summed E-state index contributed by atoms with van der Waals surface area (Å²) in [6.07, 6.45) is -6.05. The molecule has 1 aliphatic carbocycles. The Hall–Kier alpha value is -1.92. The third-order valence-electron chi connectivity index (χ3n) is 4.79. The van der Waals surface area contributed by atoms with E-state index >= 15 is 0 Å². The third kappa shape index (κ3) is 4.37. The monoisotopic (exact) mass is 501 g/mol. The lowest BCUT2D eigenvalue weighted by Crippen LogP contribution is -2.38. The second-order valence-corrected chi connectivity index (χ2v) is 9.63. The summed E-state index contributed by atoms with van der Waals surface area (Å²) in [6, 6.07) is 1.40. The minimum absolute atomic E-state index is 0.0216. The number of alkyl halides is 5. The molecule has 1 aromatic heterocycles. The maximum absolute atomic E-state index is 13.3. The Morgan fingerprint density at radius 3 is 2.52 bits per heavy atom. The summed E-state index contributed by atoms with van der Waals surface area (Å²) in [5, 5.41) is 4.02. The standard InChI is InChI=1S/C18H13ClF5NO4S2/c1-7-8(6-12(27)28)14-9(2-3-10(26)15(14)19)25(7)16(29)11-4-5-13(30-11)31-18(23,24)17(20,21)22/h4-5,9H,2-3,6H2,1H3,(H,27,28). The number of allylic oxidation sites excluding steroid dienone is 2. The Bertz CT molecular complexity index is 1030. The normalized spacial score (nSPS) is 19.9. The van der Waals surface area contributed by atoms with Crippen molar-refractivity contribution in [2.24, 2.45) is 0 Å². The topological polar surface area (TPSA) is 74.7 Å². The van der Waals surface area contributed by atoms with Crippen LogP contribution in [-0.4, -0.2) is 45.1 Å². The highest BCUT2D eigenvalue weighted by atomic mass is 35.5. The number of halogens is 6. The molecule has 0 saturated heterocycles. The lowest BCUT2D eigenvalue weighted by Gasteiger charge is -2.29. The maximum atomic E-state index is 13.3. The Balaban J connectivity index is 1.95. The van der Waals surface area contributed by atoms with Crippen LogP contribution in [0, 0.1) is 0 Å². The van der Waals surface area contributed by atoms with Crippen molar-refractivity contribution >= 4 is 52.4 Å². The molecule has 1 aromatic rings. The fourth-order valence-corrected chi connectivity index (χ4v) is 5.71. The average Bonchev–Trinajstić information content (AvgIpc) is 3.19. The van der Waals surface area contributed by atoms with Gasteiger partial charge in [0.2, 0.25) is 0 Å². The van der Waals surface area contributed by atoms with Gasteiger partial charge >= 0.3 is 17.4 Å². The number of thiophene rings is 1. The van der Waals surface area contributed by atoms with Crippen LogP contribution in [0.1, 0.15) is 35.9 Å². The summed E-state index contributed by atoms with van der Waals surface area (Å²) in [6.45, 7) is 1.47. The molecular formula is C18H13ClF5NO4S2. The summed E-state index contributed by atoms with van der Waals surface area (Å²) < 4.78 is 63.5. The van der Waals surface area contributed by atoms with Crippen LogP contribution in [0.15, 0.2) is 38.2 Å². The van der Waals surface area contributed by atoms with Crippen LogP contribution < -0.4 is 0 Å². The lowest BCUT2D eigenvalue weighted by molar-refractivity contribution is -0.237. The number of aliphatic carboxylic acids is 1. The molecule has 13 heteroatoms. The zero-order chi connectivity index (χ0) is 23.3. The fraction of sp³-hybridized carbons (Fsp3) is 0.389. The van der Waals surface area contributed by atoms with Gasteiger partial charge in [-0.3, -0.25) is 14.4 Å². The molecule has 0 fully saturated rings. The van der Waals surface area contributed by atoms with Gasteiger partial charge < -0.3 is 10.0 Å². The van der Waals surface area contributed by atoms with Crippen molar-refractivity contribution < 1.29 is 41.4 Å². The fourth-order valence-electron chi connectivity index (χ4n) is 3.45. The predicted octanol–water partition coefficient (Wildman–Crippen LogP) is 5.42. The molecule has 2 aliphatic rings. The molecule has 5 nitrogen and oxygen atoms in total. The van der Waals surface area contributed by atoms with Gasteiger partial charge in [0.15, 0.2) is 5.78 Å². The second kappa shape index (κ2) is 8.21. The molecule has 31 heavy (non-hydrogen) atoms. The Morgan fingerprint density at radius 2 is 1.94 bits per heavy atom. The predicted molar refractivity (Wildman–Crippen MR) is 103 cm³/mol. The van der Waals surface area contributed by atoms with Gasteiger partial charge in [0.1, 0.15) is 0 Å². The van der Waals surface area contributed by atoms with Crippen molar-refractivity contribution in [2.75, 3.05) is 0 Å². The van der Waals surface area contributed by atoms with Gasteiger partial charge in [0.05, 0.1) is 26.6 Å². The number of carbonyl (C=O) groups excluding carboxylic acids is 2. The molecule has 0 spiro atoms. The number of carbonyl (C=O) groups is 3. The SMILES string of the molecule is CC1=C(CC(=O)O)C2=C(Cl)C(=O)CCC2N1C(=O)c1ccc(SC(F)(F)C(F)(F)F)s1. The van der Waals surface area contributed by atoms with Crippen molar-refractivity contribution in [2.45, 2.75) is 47.9 Å². The number of nitrogens with zero attached hydrogens (tertiary/aromatic N) is 1. The van der Waals surface area contributed by atoms with E-state index in [1.54, 1.807) is 0 Å². The van der Waals surface area contributed by atoms with E-state index in [1.165, 1.54) is 11.8 Å². The van der Waals surface area contributed by atoms with Crippen molar-refractivity contribution in [3.8, 4) is 0 Å². The van der Waals surface area contributed by atoms with Crippen LogP contribution in [-0.2, 0) is 9.59 Å². The molecule has 0 saturated carbocycles. The molecule has 1 N–H and O–H groups in total. The summed E-state index contributed by atoms with van der Waals surface area (Å²) in [4.78, 5) is 37.5. The van der Waals surface area contributed by atoms with Gasteiger partial charge in [0, 0.05) is 17.7 Å². The van der Waals surface area contributed by atoms with E-state index in [0.717, 1.165) is 12.1 Å². The molecule has 2 heterocycles. The summed E-state index contributed by atoms with van der Waals surface area (Å²) in [5.41, 5.74) is 0.683. The van der Waals surface area contributed by atoms with E-state index in [2.05, 4.69) is 0 Å². The minimum atomic E-state index is -5.75. The van der Waals surface area contributed by atoms with E-state index in [0.29, 0.717) is 11.3 Å². The summed E-state index contributed by atoms with van der Waals surface area (Å²) >= 11 is 5.88. The highest BCUT2D eigenvalue weighted by Crippen LogP contribution is 2.50. The number of amides is 1. The van der Waals surface area contributed by atoms with Gasteiger partial charge in [-0.05, 0) is 42.8 Å². The van der Waals surface area contributed by atoms with E-state index in [4.69, 9.17) is 11.6 Å². The zero-order valence-corrected chi connectivity index (χ0v) is 17.9. The number of fused-ring (bicyclic) bond motifs is 1. The quantitative estimate of drug-likeness (QED) is 0.430. The molecule has 1 unspecified atom stereocenters. The van der Waals surface area contributed by atoms with Crippen molar-refractivity contribution in [3.63, 3.8) is 0 Å². The number of carboxylic acid groups (broad SMARTS) is 1. The van der Waals surface area contributed by atoms with Crippen LogP contribution in [0.3, 0.4) is 0 Å². The Morgan fingerprint density at radius 1 is 1.29 bits per heavy atom. The first-order chi connectivity index (χ1) is 14.2. The largest absolute Gasteiger partial charge is 0.481 e. The van der Waals surface area contributed by atoms with E-state index < -0.39 is 51.7 Å². The first-order valence-corrected chi connectivity index (χ1v) is 10.7. The van der Waals surface area contributed by atoms with Gasteiger partial charge in [-0.25, -0.2) is 0 Å². The Labute approximate surface area is 185 Å². The number of carboxylic acids is 1. The first kappa shape index (κ1) is 23.7. The Kier molecular flexibility index (Phi) is 6.29. The van der Waals surface area contributed by atoms with E-state index in [-0.39, 0.29) is 45.4 Å². The number of thioether (sulfide) groups is 1. The second-order valence-electron chi connectivity index (χ2n) is 6.75. The van der Waals surface area contributed by atoms with Crippen LogP contribution in [0.5, 0.6) is 0 Å². The first-order valence-electron chi connectivity index (χ1n) is 8.66. The molecule has 3 rings (SSSR count).